The standard InChI is InChI=1S/C29H34N4O5S/c1-18-14-32(15-19(2)38-18)24(34)16-33-25(35)17-39-28(22-13-21(36-4)11-12-23(22)37-5)26-27(30-31(3)29(26)33)20-9-7-6-8-10-20/h6-13,18-19,28H,14-17H2,1-5H3. The fourth-order valence-corrected chi connectivity index (χ4v) is 6.62. The van der Waals surface area contributed by atoms with Gasteiger partial charge in [-0.1, -0.05) is 30.3 Å². The van der Waals surface area contributed by atoms with E-state index in [1.165, 1.54) is 11.8 Å². The Morgan fingerprint density at radius 2 is 1.79 bits per heavy atom. The van der Waals surface area contributed by atoms with E-state index in [0.29, 0.717) is 30.4 Å². The first-order valence-electron chi connectivity index (χ1n) is 13.0. The molecule has 0 N–H and O–H groups in total. The molecule has 3 heterocycles. The van der Waals surface area contributed by atoms with Gasteiger partial charge in [-0.2, -0.15) is 5.10 Å². The van der Waals surface area contributed by atoms with Gasteiger partial charge < -0.3 is 19.1 Å². The van der Waals surface area contributed by atoms with Gasteiger partial charge in [0.15, 0.2) is 0 Å². The number of morpholine rings is 1. The number of thioether (sulfide) groups is 1. The van der Waals surface area contributed by atoms with Gasteiger partial charge in [0, 0.05) is 36.8 Å². The van der Waals surface area contributed by atoms with E-state index in [-0.39, 0.29) is 41.6 Å². The van der Waals surface area contributed by atoms with Crippen LogP contribution in [-0.4, -0.2) is 78.3 Å². The lowest BCUT2D eigenvalue weighted by Crippen LogP contribution is -2.52. The summed E-state index contributed by atoms with van der Waals surface area (Å²) in [6.45, 7) is 4.85. The van der Waals surface area contributed by atoms with E-state index in [2.05, 4.69) is 0 Å². The zero-order chi connectivity index (χ0) is 27.7. The first-order chi connectivity index (χ1) is 18.8. The molecule has 0 bridgehead atoms. The molecular formula is C29H34N4O5S. The highest BCUT2D eigenvalue weighted by atomic mass is 32.2. The van der Waals surface area contributed by atoms with E-state index in [1.807, 2.05) is 69.4 Å². The van der Waals surface area contributed by atoms with Crippen LogP contribution in [0.25, 0.3) is 11.3 Å². The number of hydrogen-bond acceptors (Lipinski definition) is 7. The van der Waals surface area contributed by atoms with Crippen LogP contribution >= 0.6 is 11.8 Å². The lowest BCUT2D eigenvalue weighted by atomic mass is 9.98. The third-order valence-electron chi connectivity index (χ3n) is 7.08. The van der Waals surface area contributed by atoms with Crippen molar-refractivity contribution in [3.05, 3.63) is 59.7 Å². The Kier molecular flexibility index (Phi) is 7.86. The Balaban J connectivity index is 1.64. The van der Waals surface area contributed by atoms with Gasteiger partial charge in [-0.3, -0.25) is 19.2 Å². The summed E-state index contributed by atoms with van der Waals surface area (Å²) < 4.78 is 18.8. The molecule has 1 saturated heterocycles. The summed E-state index contributed by atoms with van der Waals surface area (Å²) in [5.41, 5.74) is 3.43. The highest BCUT2D eigenvalue weighted by molar-refractivity contribution is 8.00. The molecule has 2 aromatic carbocycles. The normalized spacial score (nSPS) is 21.4. The number of nitrogens with zero attached hydrogens (tertiary/aromatic N) is 4. The third kappa shape index (κ3) is 5.35. The first kappa shape index (κ1) is 27.1. The van der Waals surface area contributed by atoms with Gasteiger partial charge >= 0.3 is 0 Å². The predicted molar refractivity (Wildman–Crippen MR) is 151 cm³/mol. The molecule has 9 nitrogen and oxygen atoms in total. The van der Waals surface area contributed by atoms with Gasteiger partial charge in [0.25, 0.3) is 0 Å². The number of fused-ring (bicyclic) bond motifs is 1. The number of carbonyl (C=O) groups excluding carboxylic acids is 2. The van der Waals surface area contributed by atoms with Gasteiger partial charge in [0.1, 0.15) is 23.9 Å². The monoisotopic (exact) mass is 550 g/mol. The van der Waals surface area contributed by atoms with Crippen LogP contribution in [0.1, 0.15) is 30.2 Å². The summed E-state index contributed by atoms with van der Waals surface area (Å²) in [4.78, 5) is 30.6. The third-order valence-corrected chi connectivity index (χ3v) is 8.31. The summed E-state index contributed by atoms with van der Waals surface area (Å²) in [6.07, 6.45) is -0.120. The Morgan fingerprint density at radius 1 is 1.08 bits per heavy atom. The number of anilines is 1. The summed E-state index contributed by atoms with van der Waals surface area (Å²) >= 11 is 1.50. The molecule has 1 aromatic heterocycles. The summed E-state index contributed by atoms with van der Waals surface area (Å²) in [5.74, 6) is 1.93. The second-order valence-electron chi connectivity index (χ2n) is 9.91. The molecular weight excluding hydrogens is 516 g/mol. The van der Waals surface area contributed by atoms with Crippen LogP contribution in [0.2, 0.25) is 0 Å². The van der Waals surface area contributed by atoms with E-state index < -0.39 is 0 Å². The lowest BCUT2D eigenvalue weighted by Gasteiger charge is -2.36. The summed E-state index contributed by atoms with van der Waals surface area (Å²) in [7, 11) is 5.08. The topological polar surface area (TPSA) is 86.1 Å². The molecule has 2 aliphatic heterocycles. The van der Waals surface area contributed by atoms with Crippen LogP contribution in [0, 0.1) is 0 Å². The van der Waals surface area contributed by atoms with Crippen LogP contribution < -0.4 is 14.4 Å². The number of ether oxygens (including phenoxy) is 3. The SMILES string of the molecule is COc1ccc(OC)c(C2SCC(=O)N(CC(=O)N3CC(C)OC(C)C3)c3c2c(-c2ccccc2)nn3C)c1. The van der Waals surface area contributed by atoms with Crippen molar-refractivity contribution in [3.63, 3.8) is 0 Å². The molecule has 0 saturated carbocycles. The maximum absolute atomic E-state index is 13.7. The molecule has 1 fully saturated rings. The molecule has 0 aliphatic carbocycles. The van der Waals surface area contributed by atoms with Crippen molar-refractivity contribution in [2.24, 2.45) is 7.05 Å². The average molecular weight is 551 g/mol. The number of hydrogen-bond donors (Lipinski definition) is 0. The summed E-state index contributed by atoms with van der Waals surface area (Å²) in [6, 6.07) is 15.6. The molecule has 0 spiro atoms. The second-order valence-corrected chi connectivity index (χ2v) is 11.0. The Bertz CT molecular complexity index is 1350. The van der Waals surface area contributed by atoms with Crippen LogP contribution in [-0.2, 0) is 21.4 Å². The highest BCUT2D eigenvalue weighted by Gasteiger charge is 2.39. The van der Waals surface area contributed by atoms with Crippen molar-refractivity contribution in [2.45, 2.75) is 31.3 Å². The van der Waals surface area contributed by atoms with Gasteiger partial charge in [-0.05, 0) is 32.0 Å². The number of benzene rings is 2. The quantitative estimate of drug-likeness (QED) is 0.460. The number of rotatable bonds is 6. The summed E-state index contributed by atoms with van der Waals surface area (Å²) in [5, 5.41) is 4.61. The largest absolute Gasteiger partial charge is 0.497 e. The Morgan fingerprint density at radius 3 is 2.46 bits per heavy atom. The number of aryl methyl sites for hydroxylation is 1. The molecule has 10 heteroatoms. The van der Waals surface area contributed by atoms with Gasteiger partial charge in [0.2, 0.25) is 11.8 Å². The second kappa shape index (κ2) is 11.3. The van der Waals surface area contributed by atoms with Crippen molar-refractivity contribution in [1.29, 1.82) is 0 Å². The van der Waals surface area contributed by atoms with E-state index in [9.17, 15) is 9.59 Å². The molecule has 39 heavy (non-hydrogen) atoms. The smallest absolute Gasteiger partial charge is 0.242 e. The molecule has 3 atom stereocenters. The molecule has 2 aliphatic rings. The predicted octanol–water partition coefficient (Wildman–Crippen LogP) is 3.91. The van der Waals surface area contributed by atoms with Crippen molar-refractivity contribution in [2.75, 3.05) is 44.5 Å². The molecule has 2 amide bonds. The minimum absolute atomic E-state index is 0.0602. The van der Waals surface area contributed by atoms with Crippen molar-refractivity contribution in [1.82, 2.24) is 14.7 Å². The van der Waals surface area contributed by atoms with Crippen molar-refractivity contribution < 1.29 is 23.8 Å². The maximum atomic E-state index is 13.7. The average Bonchev–Trinajstić information content (AvgIpc) is 3.20. The fraction of sp³-hybridized carbons (Fsp3) is 0.414. The van der Waals surface area contributed by atoms with E-state index in [0.717, 1.165) is 22.4 Å². The van der Waals surface area contributed by atoms with Crippen molar-refractivity contribution >= 4 is 29.4 Å². The molecule has 3 aromatic rings. The Hall–Kier alpha value is -3.50. The highest BCUT2D eigenvalue weighted by Crippen LogP contribution is 2.50. The zero-order valence-electron chi connectivity index (χ0n) is 22.9. The lowest BCUT2D eigenvalue weighted by molar-refractivity contribution is -0.142. The van der Waals surface area contributed by atoms with Crippen LogP contribution in [0.3, 0.4) is 0 Å². The first-order valence-corrected chi connectivity index (χ1v) is 14.0. The van der Waals surface area contributed by atoms with E-state index in [1.54, 1.807) is 28.7 Å². The van der Waals surface area contributed by atoms with E-state index in [4.69, 9.17) is 19.3 Å². The van der Waals surface area contributed by atoms with Gasteiger partial charge in [0.05, 0.1) is 43.1 Å². The minimum Gasteiger partial charge on any atom is -0.497 e. The number of methoxy groups -OCH3 is 2. The number of carbonyl (C=O) groups is 2. The fourth-order valence-electron chi connectivity index (χ4n) is 5.41. The van der Waals surface area contributed by atoms with Crippen LogP contribution in [0.5, 0.6) is 11.5 Å². The molecule has 3 unspecified atom stereocenters. The number of amides is 2. The van der Waals surface area contributed by atoms with E-state index >= 15 is 0 Å². The van der Waals surface area contributed by atoms with Crippen LogP contribution in [0.4, 0.5) is 5.82 Å². The minimum atomic E-state index is -0.290. The maximum Gasteiger partial charge on any atom is 0.242 e. The van der Waals surface area contributed by atoms with Gasteiger partial charge in [-0.15, -0.1) is 11.8 Å². The van der Waals surface area contributed by atoms with Gasteiger partial charge in [-0.25, -0.2) is 0 Å². The van der Waals surface area contributed by atoms with Crippen LogP contribution in [0.15, 0.2) is 48.5 Å². The zero-order valence-corrected chi connectivity index (χ0v) is 23.7. The Labute approximate surface area is 233 Å². The van der Waals surface area contributed by atoms with Crippen molar-refractivity contribution in [3.8, 4) is 22.8 Å². The molecule has 5 rings (SSSR count). The number of aromatic nitrogens is 2. The molecule has 0 radical (unpaired) electrons. The molecule has 206 valence electrons.